The minimum atomic E-state index is 0.923. The van der Waals surface area contributed by atoms with Crippen molar-refractivity contribution in [1.29, 1.82) is 0 Å². The van der Waals surface area contributed by atoms with Crippen molar-refractivity contribution in [2.24, 2.45) is 0 Å². The summed E-state index contributed by atoms with van der Waals surface area (Å²) >= 11 is 1.87. The van der Waals surface area contributed by atoms with Crippen LogP contribution in [0.25, 0.3) is 80.4 Å². The van der Waals surface area contributed by atoms with Gasteiger partial charge in [0.05, 0.1) is 11.0 Å². The van der Waals surface area contributed by atoms with Crippen LogP contribution in [0.2, 0.25) is 0 Å². The number of rotatable bonds is 1. The SMILES string of the molecule is c1ccc2c(c1)ccc1sc3cc(-n4c5ccccc5c5cc6c(cc54)oc4ccccc46)ccc3c12. The number of hydrogen-bond donors (Lipinski definition) is 0. The second-order valence-electron chi connectivity index (χ2n) is 9.76. The first kappa shape index (κ1) is 19.6. The van der Waals surface area contributed by atoms with Crippen molar-refractivity contribution in [3.63, 3.8) is 0 Å². The van der Waals surface area contributed by atoms with Crippen LogP contribution in [0.3, 0.4) is 0 Å². The quantitative estimate of drug-likeness (QED) is 0.224. The summed E-state index contributed by atoms with van der Waals surface area (Å²) in [5.41, 5.74) is 5.40. The van der Waals surface area contributed by atoms with Gasteiger partial charge in [0.2, 0.25) is 0 Å². The topological polar surface area (TPSA) is 18.1 Å². The summed E-state index contributed by atoms with van der Waals surface area (Å²) in [5.74, 6) is 0. The van der Waals surface area contributed by atoms with Crippen molar-refractivity contribution in [3.8, 4) is 5.69 Å². The molecule has 6 aromatic carbocycles. The molecular weight excluding hydrogens is 470 g/mol. The van der Waals surface area contributed by atoms with Gasteiger partial charge in [0.1, 0.15) is 11.2 Å². The molecule has 0 radical (unpaired) electrons. The number of furan rings is 1. The lowest BCUT2D eigenvalue weighted by Gasteiger charge is -2.08. The zero-order valence-electron chi connectivity index (χ0n) is 19.7. The lowest BCUT2D eigenvalue weighted by Crippen LogP contribution is -1.93. The summed E-state index contributed by atoms with van der Waals surface area (Å²) in [5, 5.41) is 10.1. The predicted octanol–water partition coefficient (Wildman–Crippen LogP) is 10.2. The highest BCUT2D eigenvalue weighted by molar-refractivity contribution is 7.26. The van der Waals surface area contributed by atoms with E-state index in [0.717, 1.165) is 21.9 Å². The molecule has 0 spiro atoms. The van der Waals surface area contributed by atoms with Crippen molar-refractivity contribution < 1.29 is 4.42 Å². The normalized spacial score (nSPS) is 12.3. The molecule has 0 fully saturated rings. The predicted molar refractivity (Wildman–Crippen MR) is 158 cm³/mol. The molecule has 2 nitrogen and oxygen atoms in total. The molecule has 0 amide bonds. The van der Waals surface area contributed by atoms with E-state index >= 15 is 0 Å². The molecule has 0 unspecified atom stereocenters. The van der Waals surface area contributed by atoms with Crippen LogP contribution < -0.4 is 0 Å². The molecule has 37 heavy (non-hydrogen) atoms. The maximum Gasteiger partial charge on any atom is 0.137 e. The number of fused-ring (bicyclic) bond motifs is 11. The molecule has 0 saturated heterocycles. The van der Waals surface area contributed by atoms with Crippen LogP contribution in [-0.2, 0) is 0 Å². The van der Waals surface area contributed by atoms with Crippen molar-refractivity contribution in [1.82, 2.24) is 4.57 Å². The van der Waals surface area contributed by atoms with Gasteiger partial charge >= 0.3 is 0 Å². The Morgan fingerprint density at radius 2 is 1.30 bits per heavy atom. The van der Waals surface area contributed by atoms with Crippen LogP contribution in [0.15, 0.2) is 120 Å². The third-order valence-corrected chi connectivity index (χ3v) is 8.89. The van der Waals surface area contributed by atoms with E-state index in [1.165, 1.54) is 58.4 Å². The van der Waals surface area contributed by atoms with E-state index in [4.69, 9.17) is 4.42 Å². The standard InChI is InChI=1S/C34H19NOS/c1-2-8-22-20(7-1)13-16-32-34(22)25-15-14-21(17-33(25)37-32)35-28-11-5-3-9-23(28)26-18-27-24-10-4-6-12-30(24)36-31(27)19-29(26)35/h1-19H. The average Bonchev–Trinajstić information content (AvgIpc) is 3.60. The fraction of sp³-hybridized carbons (Fsp3) is 0. The molecule has 172 valence electrons. The summed E-state index contributed by atoms with van der Waals surface area (Å²) in [4.78, 5) is 0. The Labute approximate surface area is 215 Å². The maximum atomic E-state index is 6.29. The highest BCUT2D eigenvalue weighted by Crippen LogP contribution is 2.42. The number of nitrogens with zero attached hydrogens (tertiary/aromatic N) is 1. The molecular formula is C34H19NOS. The fourth-order valence-electron chi connectivity index (χ4n) is 6.14. The summed E-state index contributed by atoms with van der Waals surface area (Å²) in [6, 6.07) is 41.6. The average molecular weight is 490 g/mol. The first-order chi connectivity index (χ1) is 18.3. The van der Waals surface area contributed by atoms with Crippen molar-refractivity contribution in [2.45, 2.75) is 0 Å². The molecule has 3 aromatic heterocycles. The minimum Gasteiger partial charge on any atom is -0.456 e. The summed E-state index contributed by atoms with van der Waals surface area (Å²) in [6.45, 7) is 0. The third-order valence-electron chi connectivity index (χ3n) is 7.77. The Kier molecular flexibility index (Phi) is 3.70. The number of benzene rings is 6. The molecule has 3 heteroatoms. The van der Waals surface area contributed by atoms with Gasteiger partial charge in [-0.25, -0.2) is 0 Å². The Morgan fingerprint density at radius 1 is 0.486 bits per heavy atom. The number of thiophene rings is 1. The highest BCUT2D eigenvalue weighted by Gasteiger charge is 2.17. The first-order valence-corrected chi connectivity index (χ1v) is 13.3. The van der Waals surface area contributed by atoms with Crippen LogP contribution in [0.1, 0.15) is 0 Å². The minimum absolute atomic E-state index is 0.923. The zero-order valence-corrected chi connectivity index (χ0v) is 20.5. The Balaban J connectivity index is 1.38. The van der Waals surface area contributed by atoms with E-state index in [1.807, 2.05) is 23.5 Å². The summed E-state index contributed by atoms with van der Waals surface area (Å²) in [7, 11) is 0. The van der Waals surface area contributed by atoms with Gasteiger partial charge in [0, 0.05) is 53.5 Å². The van der Waals surface area contributed by atoms with E-state index in [1.54, 1.807) is 0 Å². The smallest absolute Gasteiger partial charge is 0.137 e. The molecule has 0 bridgehead atoms. The van der Waals surface area contributed by atoms with E-state index in [0.29, 0.717) is 0 Å². The van der Waals surface area contributed by atoms with E-state index in [9.17, 15) is 0 Å². The fourth-order valence-corrected chi connectivity index (χ4v) is 7.29. The van der Waals surface area contributed by atoms with Gasteiger partial charge < -0.3 is 8.98 Å². The van der Waals surface area contributed by atoms with Gasteiger partial charge in [-0.05, 0) is 47.2 Å². The van der Waals surface area contributed by atoms with Crippen LogP contribution in [0, 0.1) is 0 Å². The van der Waals surface area contributed by atoms with E-state index in [-0.39, 0.29) is 0 Å². The largest absolute Gasteiger partial charge is 0.456 e. The second kappa shape index (κ2) is 7.00. The summed E-state index contributed by atoms with van der Waals surface area (Å²) < 4.78 is 11.3. The van der Waals surface area contributed by atoms with Crippen molar-refractivity contribution in [3.05, 3.63) is 115 Å². The van der Waals surface area contributed by atoms with Crippen molar-refractivity contribution in [2.75, 3.05) is 0 Å². The van der Waals surface area contributed by atoms with Crippen molar-refractivity contribution >= 4 is 86.0 Å². The number of hydrogen-bond acceptors (Lipinski definition) is 2. The zero-order chi connectivity index (χ0) is 24.1. The van der Waals surface area contributed by atoms with E-state index in [2.05, 4.69) is 108 Å². The molecule has 0 aliphatic carbocycles. The Hall–Kier alpha value is -4.60. The lowest BCUT2D eigenvalue weighted by molar-refractivity contribution is 0.669. The highest BCUT2D eigenvalue weighted by atomic mass is 32.1. The van der Waals surface area contributed by atoms with Gasteiger partial charge in [-0.3, -0.25) is 0 Å². The van der Waals surface area contributed by atoms with E-state index < -0.39 is 0 Å². The number of aromatic nitrogens is 1. The molecule has 0 N–H and O–H groups in total. The van der Waals surface area contributed by atoms with Gasteiger partial charge in [0.25, 0.3) is 0 Å². The van der Waals surface area contributed by atoms with Gasteiger partial charge in [-0.1, -0.05) is 72.8 Å². The number of para-hydroxylation sites is 2. The molecule has 0 aliphatic rings. The Morgan fingerprint density at radius 3 is 2.24 bits per heavy atom. The molecule has 0 saturated carbocycles. The van der Waals surface area contributed by atoms with Gasteiger partial charge in [-0.2, -0.15) is 0 Å². The second-order valence-corrected chi connectivity index (χ2v) is 10.8. The van der Waals surface area contributed by atoms with Crippen LogP contribution in [-0.4, -0.2) is 4.57 Å². The molecule has 9 aromatic rings. The lowest BCUT2D eigenvalue weighted by atomic mass is 10.0. The molecule has 0 atom stereocenters. The molecule has 9 rings (SSSR count). The van der Waals surface area contributed by atoms with Crippen LogP contribution in [0.5, 0.6) is 0 Å². The summed E-state index contributed by atoms with van der Waals surface area (Å²) in [6.07, 6.45) is 0. The van der Waals surface area contributed by atoms with Crippen LogP contribution in [0.4, 0.5) is 0 Å². The maximum absolute atomic E-state index is 6.29. The Bertz CT molecular complexity index is 2370. The third kappa shape index (κ3) is 2.59. The first-order valence-electron chi connectivity index (χ1n) is 12.5. The van der Waals surface area contributed by atoms with Gasteiger partial charge in [-0.15, -0.1) is 11.3 Å². The van der Waals surface area contributed by atoms with Crippen LogP contribution >= 0.6 is 11.3 Å². The van der Waals surface area contributed by atoms with Gasteiger partial charge in [0.15, 0.2) is 0 Å². The molecule has 3 heterocycles. The molecule has 0 aliphatic heterocycles. The monoisotopic (exact) mass is 489 g/mol.